The first-order chi connectivity index (χ1) is 8.46. The number of nitrogens with zero attached hydrogens (tertiary/aromatic N) is 2. The van der Waals surface area contributed by atoms with E-state index < -0.39 is 16.3 Å². The molecule has 0 aliphatic carbocycles. The number of anilines is 1. The van der Waals surface area contributed by atoms with Crippen LogP contribution in [0.4, 0.5) is 10.6 Å². The molecule has 1 aromatic heterocycles. The number of carbonyl (C=O) groups excluding carboxylic acids is 1. The summed E-state index contributed by atoms with van der Waals surface area (Å²) in [4.78, 5) is 14.6. The van der Waals surface area contributed by atoms with Gasteiger partial charge < -0.3 is 4.74 Å². The van der Waals surface area contributed by atoms with E-state index in [4.69, 9.17) is 5.26 Å². The van der Waals surface area contributed by atoms with Crippen molar-refractivity contribution >= 4 is 22.1 Å². The number of rotatable bonds is 4. The lowest BCUT2D eigenvalue weighted by atomic mass is 10.3. The zero-order valence-electron chi connectivity index (χ0n) is 9.37. The second kappa shape index (κ2) is 5.83. The number of nitrogens with one attached hydrogen (secondary N) is 2. The van der Waals surface area contributed by atoms with Gasteiger partial charge in [0.15, 0.2) is 0 Å². The topological polar surface area (TPSA) is 121 Å². The molecule has 8 nitrogen and oxygen atoms in total. The zero-order chi connectivity index (χ0) is 13.6. The van der Waals surface area contributed by atoms with E-state index in [1.165, 1.54) is 18.3 Å². The Hall–Kier alpha value is -2.34. The number of hydrogen-bond acceptors (Lipinski definition) is 6. The van der Waals surface area contributed by atoms with Crippen LogP contribution in [-0.4, -0.2) is 26.1 Å². The maximum atomic E-state index is 11.4. The predicted molar refractivity (Wildman–Crippen MR) is 61.7 cm³/mol. The monoisotopic (exact) mass is 270 g/mol. The van der Waals surface area contributed by atoms with Crippen molar-refractivity contribution in [1.82, 2.24) is 9.71 Å². The first-order valence-electron chi connectivity index (χ1n) is 4.80. The van der Waals surface area contributed by atoms with E-state index in [0.717, 1.165) is 0 Å². The highest BCUT2D eigenvalue weighted by Crippen LogP contribution is 2.05. The van der Waals surface area contributed by atoms with E-state index in [0.29, 0.717) is 0 Å². The van der Waals surface area contributed by atoms with Gasteiger partial charge in [0, 0.05) is 6.20 Å². The Kier molecular flexibility index (Phi) is 4.45. The summed E-state index contributed by atoms with van der Waals surface area (Å²) < 4.78 is 30.9. The van der Waals surface area contributed by atoms with Crippen LogP contribution in [0.25, 0.3) is 0 Å². The molecule has 18 heavy (non-hydrogen) atoms. The fraction of sp³-hybridized carbons (Fsp3) is 0.222. The second-order valence-corrected chi connectivity index (χ2v) is 4.39. The molecule has 0 saturated carbocycles. The van der Waals surface area contributed by atoms with Crippen molar-refractivity contribution in [3.05, 3.63) is 23.9 Å². The van der Waals surface area contributed by atoms with E-state index in [1.54, 1.807) is 11.6 Å². The van der Waals surface area contributed by atoms with Gasteiger partial charge in [0.1, 0.15) is 11.9 Å². The summed E-state index contributed by atoms with van der Waals surface area (Å²) in [5.74, 6) is -0.0224. The maximum Gasteiger partial charge on any atom is 0.422 e. The van der Waals surface area contributed by atoms with Crippen molar-refractivity contribution in [1.29, 1.82) is 5.26 Å². The average molecular weight is 270 g/mol. The van der Waals surface area contributed by atoms with Gasteiger partial charge >= 0.3 is 16.3 Å². The number of amides is 1. The summed E-state index contributed by atoms with van der Waals surface area (Å²) in [5, 5.41) is 8.54. The minimum atomic E-state index is -4.10. The van der Waals surface area contributed by atoms with Crippen molar-refractivity contribution in [2.45, 2.75) is 6.92 Å². The molecule has 0 radical (unpaired) electrons. The van der Waals surface area contributed by atoms with Crippen molar-refractivity contribution in [2.75, 3.05) is 11.3 Å². The van der Waals surface area contributed by atoms with Gasteiger partial charge in [0.25, 0.3) is 0 Å². The van der Waals surface area contributed by atoms with Crippen LogP contribution >= 0.6 is 0 Å². The van der Waals surface area contributed by atoms with Crippen molar-refractivity contribution < 1.29 is 17.9 Å². The molecular weight excluding hydrogens is 260 g/mol. The van der Waals surface area contributed by atoms with Gasteiger partial charge in [0.2, 0.25) is 0 Å². The van der Waals surface area contributed by atoms with Crippen LogP contribution in [0.3, 0.4) is 0 Å². The van der Waals surface area contributed by atoms with Crippen LogP contribution in [0.1, 0.15) is 12.5 Å². The molecule has 0 bridgehead atoms. The summed E-state index contributed by atoms with van der Waals surface area (Å²) in [6.45, 7) is 1.60. The fourth-order valence-electron chi connectivity index (χ4n) is 0.954. The largest absolute Gasteiger partial charge is 0.449 e. The molecule has 0 saturated heterocycles. The smallest absolute Gasteiger partial charge is 0.422 e. The first kappa shape index (κ1) is 13.7. The van der Waals surface area contributed by atoms with Crippen LogP contribution in [0.2, 0.25) is 0 Å². The van der Waals surface area contributed by atoms with E-state index in [-0.39, 0.29) is 18.0 Å². The summed E-state index contributed by atoms with van der Waals surface area (Å²) in [5.41, 5.74) is 0.288. The normalized spacial score (nSPS) is 10.2. The van der Waals surface area contributed by atoms with Crippen LogP contribution in [0.15, 0.2) is 18.3 Å². The standard InChI is InChI=1S/C9H10N4O4S/c1-2-17-9(14)13-18(15,16)12-8-4-3-7(5-10)6-11-8/h3-4,6H,2H2,1H3,(H,11,12)(H,13,14). The third kappa shape index (κ3) is 4.26. The van der Waals surface area contributed by atoms with Crippen LogP contribution in [0.5, 0.6) is 0 Å². The van der Waals surface area contributed by atoms with Gasteiger partial charge in [0.05, 0.1) is 12.2 Å². The Morgan fingerprint density at radius 1 is 1.56 bits per heavy atom. The van der Waals surface area contributed by atoms with E-state index in [9.17, 15) is 13.2 Å². The second-order valence-electron chi connectivity index (χ2n) is 2.97. The molecule has 0 aliphatic rings. The van der Waals surface area contributed by atoms with Crippen molar-refractivity contribution in [3.63, 3.8) is 0 Å². The van der Waals surface area contributed by atoms with Gasteiger partial charge in [-0.3, -0.25) is 4.72 Å². The highest BCUT2D eigenvalue weighted by molar-refractivity contribution is 7.91. The van der Waals surface area contributed by atoms with Crippen LogP contribution in [0, 0.1) is 11.3 Å². The number of aromatic nitrogens is 1. The van der Waals surface area contributed by atoms with E-state index in [1.807, 2.05) is 10.8 Å². The molecular formula is C9H10N4O4S. The Balaban J connectivity index is 2.70. The number of pyridine rings is 1. The van der Waals surface area contributed by atoms with E-state index >= 15 is 0 Å². The van der Waals surface area contributed by atoms with E-state index in [2.05, 4.69) is 9.72 Å². The summed E-state index contributed by atoms with van der Waals surface area (Å²) >= 11 is 0. The van der Waals surface area contributed by atoms with Crippen molar-refractivity contribution in [3.8, 4) is 6.07 Å². The van der Waals surface area contributed by atoms with Gasteiger partial charge in [-0.15, -0.1) is 0 Å². The first-order valence-corrected chi connectivity index (χ1v) is 6.28. The third-order valence-electron chi connectivity index (χ3n) is 1.62. The minimum Gasteiger partial charge on any atom is -0.449 e. The summed E-state index contributed by atoms with van der Waals surface area (Å²) in [6.07, 6.45) is 0.112. The van der Waals surface area contributed by atoms with Crippen LogP contribution in [-0.2, 0) is 14.9 Å². The number of carbonyl (C=O) groups is 1. The lowest BCUT2D eigenvalue weighted by molar-refractivity contribution is 0.159. The molecule has 1 heterocycles. The number of hydrogen-bond donors (Lipinski definition) is 2. The summed E-state index contributed by atoms with van der Waals surface area (Å²) in [6, 6.07) is 4.52. The molecule has 0 aliphatic heterocycles. The number of nitriles is 1. The third-order valence-corrected chi connectivity index (χ3v) is 2.54. The number of ether oxygens (including phenoxy) is 1. The molecule has 0 fully saturated rings. The zero-order valence-corrected chi connectivity index (χ0v) is 10.2. The van der Waals surface area contributed by atoms with Gasteiger partial charge in [-0.2, -0.15) is 13.7 Å². The lowest BCUT2D eigenvalue weighted by Gasteiger charge is -2.08. The molecule has 2 N–H and O–H groups in total. The molecule has 9 heteroatoms. The Morgan fingerprint density at radius 2 is 2.28 bits per heavy atom. The molecule has 1 amide bonds. The molecule has 96 valence electrons. The highest BCUT2D eigenvalue weighted by atomic mass is 32.2. The fourth-order valence-corrected chi connectivity index (χ4v) is 1.68. The van der Waals surface area contributed by atoms with Gasteiger partial charge in [-0.25, -0.2) is 14.5 Å². The quantitative estimate of drug-likeness (QED) is 0.814. The maximum absolute atomic E-state index is 11.4. The van der Waals surface area contributed by atoms with Gasteiger partial charge in [-0.05, 0) is 19.1 Å². The molecule has 1 aromatic rings. The molecule has 0 spiro atoms. The SMILES string of the molecule is CCOC(=O)NS(=O)(=O)Nc1ccc(C#N)cn1. The highest BCUT2D eigenvalue weighted by Gasteiger charge is 2.15. The average Bonchev–Trinajstić information content (AvgIpc) is 2.29. The lowest BCUT2D eigenvalue weighted by Crippen LogP contribution is -2.35. The molecule has 0 atom stereocenters. The predicted octanol–water partition coefficient (Wildman–Crippen LogP) is 0.356. The Labute approximate surface area is 104 Å². The minimum absolute atomic E-state index is 0.0224. The molecule has 0 aromatic carbocycles. The molecule has 0 unspecified atom stereocenters. The Bertz CT molecular complexity index is 561. The molecule has 1 rings (SSSR count). The summed E-state index contributed by atoms with van der Waals surface area (Å²) in [7, 11) is -4.10. The van der Waals surface area contributed by atoms with Crippen LogP contribution < -0.4 is 9.44 Å². The Morgan fingerprint density at radius 3 is 2.78 bits per heavy atom. The van der Waals surface area contributed by atoms with Crippen molar-refractivity contribution in [2.24, 2.45) is 0 Å². The van der Waals surface area contributed by atoms with Gasteiger partial charge in [-0.1, -0.05) is 0 Å².